The summed E-state index contributed by atoms with van der Waals surface area (Å²) >= 11 is 0. The van der Waals surface area contributed by atoms with Crippen LogP contribution in [0.5, 0.6) is 5.75 Å². The third kappa shape index (κ3) is 3.95. The van der Waals surface area contributed by atoms with E-state index >= 15 is 0 Å². The SMILES string of the molecule is COc1ccc(F)cc1C(C)NCC1CCCC(C)C1. The lowest BCUT2D eigenvalue weighted by Crippen LogP contribution is -2.29. The molecule has 0 amide bonds. The van der Waals surface area contributed by atoms with Crippen LogP contribution in [0.3, 0.4) is 0 Å². The molecule has 0 aromatic heterocycles. The van der Waals surface area contributed by atoms with Gasteiger partial charge in [0.15, 0.2) is 0 Å². The van der Waals surface area contributed by atoms with Crippen molar-refractivity contribution < 1.29 is 9.13 Å². The summed E-state index contributed by atoms with van der Waals surface area (Å²) in [7, 11) is 1.63. The van der Waals surface area contributed by atoms with Crippen LogP contribution in [0.4, 0.5) is 4.39 Å². The van der Waals surface area contributed by atoms with Gasteiger partial charge in [-0.2, -0.15) is 0 Å². The molecule has 1 aromatic carbocycles. The number of ether oxygens (including phenoxy) is 1. The van der Waals surface area contributed by atoms with Gasteiger partial charge in [-0.05, 0) is 56.3 Å². The molecule has 112 valence electrons. The van der Waals surface area contributed by atoms with Crippen LogP contribution in [0.25, 0.3) is 0 Å². The van der Waals surface area contributed by atoms with Crippen LogP contribution >= 0.6 is 0 Å². The minimum Gasteiger partial charge on any atom is -0.496 e. The van der Waals surface area contributed by atoms with Crippen molar-refractivity contribution in [1.29, 1.82) is 0 Å². The quantitative estimate of drug-likeness (QED) is 0.867. The molecule has 1 aliphatic carbocycles. The maximum atomic E-state index is 13.4. The van der Waals surface area contributed by atoms with Crippen molar-refractivity contribution >= 4 is 0 Å². The van der Waals surface area contributed by atoms with E-state index in [0.717, 1.165) is 29.7 Å². The molecule has 3 heteroatoms. The highest BCUT2D eigenvalue weighted by atomic mass is 19.1. The van der Waals surface area contributed by atoms with Gasteiger partial charge >= 0.3 is 0 Å². The summed E-state index contributed by atoms with van der Waals surface area (Å²) in [6.45, 7) is 5.42. The molecule has 20 heavy (non-hydrogen) atoms. The molecule has 3 unspecified atom stereocenters. The Labute approximate surface area is 121 Å². The fourth-order valence-electron chi connectivity index (χ4n) is 3.24. The monoisotopic (exact) mass is 279 g/mol. The van der Waals surface area contributed by atoms with Gasteiger partial charge in [-0.1, -0.05) is 19.8 Å². The van der Waals surface area contributed by atoms with Crippen LogP contribution in [0.2, 0.25) is 0 Å². The summed E-state index contributed by atoms with van der Waals surface area (Å²) in [5.74, 6) is 2.14. The summed E-state index contributed by atoms with van der Waals surface area (Å²) in [4.78, 5) is 0. The normalized spacial score (nSPS) is 24.4. The van der Waals surface area contributed by atoms with E-state index < -0.39 is 0 Å². The van der Waals surface area contributed by atoms with Crippen molar-refractivity contribution in [1.82, 2.24) is 5.32 Å². The summed E-state index contributed by atoms with van der Waals surface area (Å²) in [6, 6.07) is 4.82. The van der Waals surface area contributed by atoms with Gasteiger partial charge in [0.2, 0.25) is 0 Å². The van der Waals surface area contributed by atoms with Crippen molar-refractivity contribution in [3.8, 4) is 5.75 Å². The molecule has 1 aliphatic rings. The van der Waals surface area contributed by atoms with Gasteiger partial charge in [0.25, 0.3) is 0 Å². The van der Waals surface area contributed by atoms with Crippen molar-refractivity contribution in [3.63, 3.8) is 0 Å². The van der Waals surface area contributed by atoms with Crippen LogP contribution < -0.4 is 10.1 Å². The van der Waals surface area contributed by atoms with Gasteiger partial charge in [0, 0.05) is 11.6 Å². The largest absolute Gasteiger partial charge is 0.496 e. The third-order valence-electron chi connectivity index (χ3n) is 4.42. The van der Waals surface area contributed by atoms with Gasteiger partial charge in [0.05, 0.1) is 7.11 Å². The number of nitrogens with one attached hydrogen (secondary N) is 1. The van der Waals surface area contributed by atoms with E-state index in [0.29, 0.717) is 0 Å². The molecule has 1 aromatic rings. The van der Waals surface area contributed by atoms with E-state index in [1.165, 1.54) is 31.7 Å². The fourth-order valence-corrected chi connectivity index (χ4v) is 3.24. The number of hydrogen-bond donors (Lipinski definition) is 1. The summed E-state index contributed by atoms with van der Waals surface area (Å²) < 4.78 is 18.7. The summed E-state index contributed by atoms with van der Waals surface area (Å²) in [5.41, 5.74) is 0.899. The van der Waals surface area contributed by atoms with E-state index in [4.69, 9.17) is 4.74 Å². The summed E-state index contributed by atoms with van der Waals surface area (Å²) in [6.07, 6.45) is 5.32. The lowest BCUT2D eigenvalue weighted by atomic mass is 9.82. The van der Waals surface area contributed by atoms with Gasteiger partial charge in [-0.25, -0.2) is 4.39 Å². The van der Waals surface area contributed by atoms with Gasteiger partial charge in [0.1, 0.15) is 11.6 Å². The molecule has 2 rings (SSSR count). The van der Waals surface area contributed by atoms with E-state index in [1.807, 2.05) is 0 Å². The van der Waals surface area contributed by atoms with Crippen molar-refractivity contribution in [2.45, 2.75) is 45.6 Å². The minimum atomic E-state index is -0.208. The van der Waals surface area contributed by atoms with Crippen LogP contribution in [0, 0.1) is 17.7 Å². The fraction of sp³-hybridized carbons (Fsp3) is 0.647. The highest BCUT2D eigenvalue weighted by Gasteiger charge is 2.20. The maximum absolute atomic E-state index is 13.4. The van der Waals surface area contributed by atoms with Crippen molar-refractivity contribution in [3.05, 3.63) is 29.6 Å². The number of halogens is 1. The topological polar surface area (TPSA) is 21.3 Å². The van der Waals surface area contributed by atoms with Crippen LogP contribution in [0.15, 0.2) is 18.2 Å². The minimum absolute atomic E-state index is 0.109. The molecular weight excluding hydrogens is 253 g/mol. The van der Waals surface area contributed by atoms with Gasteiger partial charge < -0.3 is 10.1 Å². The predicted octanol–water partition coefficient (Wildman–Crippen LogP) is 4.31. The van der Waals surface area contributed by atoms with Crippen LogP contribution in [-0.2, 0) is 0 Å². The maximum Gasteiger partial charge on any atom is 0.123 e. The first kappa shape index (κ1) is 15.3. The van der Waals surface area contributed by atoms with E-state index in [1.54, 1.807) is 19.2 Å². The molecule has 3 atom stereocenters. The first-order valence-electron chi connectivity index (χ1n) is 7.67. The second-order valence-corrected chi connectivity index (χ2v) is 6.15. The molecule has 2 nitrogen and oxygen atoms in total. The van der Waals surface area contributed by atoms with Crippen LogP contribution in [-0.4, -0.2) is 13.7 Å². The molecule has 0 saturated heterocycles. The molecule has 0 heterocycles. The van der Waals surface area contributed by atoms with Crippen LogP contribution in [0.1, 0.15) is 51.1 Å². The van der Waals surface area contributed by atoms with E-state index in [-0.39, 0.29) is 11.9 Å². The molecule has 0 radical (unpaired) electrons. The second-order valence-electron chi connectivity index (χ2n) is 6.15. The predicted molar refractivity (Wildman–Crippen MR) is 80.5 cm³/mol. The molecule has 1 saturated carbocycles. The third-order valence-corrected chi connectivity index (χ3v) is 4.42. The van der Waals surface area contributed by atoms with E-state index in [2.05, 4.69) is 19.2 Å². The molecule has 0 bridgehead atoms. The Hall–Kier alpha value is -1.09. The van der Waals surface area contributed by atoms with Gasteiger partial charge in [-0.3, -0.25) is 0 Å². The van der Waals surface area contributed by atoms with Gasteiger partial charge in [-0.15, -0.1) is 0 Å². The first-order valence-corrected chi connectivity index (χ1v) is 7.67. The standard InChI is InChI=1S/C17H26FNO/c1-12-5-4-6-14(9-12)11-19-13(2)16-10-15(18)7-8-17(16)20-3/h7-8,10,12-14,19H,4-6,9,11H2,1-3H3. The summed E-state index contributed by atoms with van der Waals surface area (Å²) in [5, 5.41) is 3.54. The average molecular weight is 279 g/mol. The molecular formula is C17H26FNO. The first-order chi connectivity index (χ1) is 9.60. The molecule has 1 fully saturated rings. The molecule has 0 spiro atoms. The zero-order chi connectivity index (χ0) is 14.5. The Morgan fingerprint density at radius 1 is 1.40 bits per heavy atom. The average Bonchev–Trinajstić information content (AvgIpc) is 2.45. The highest BCUT2D eigenvalue weighted by molar-refractivity contribution is 5.36. The lowest BCUT2D eigenvalue weighted by Gasteiger charge is -2.28. The Morgan fingerprint density at radius 2 is 2.20 bits per heavy atom. The molecule has 1 N–H and O–H groups in total. The lowest BCUT2D eigenvalue weighted by molar-refractivity contribution is 0.268. The molecule has 0 aliphatic heterocycles. The van der Waals surface area contributed by atoms with E-state index in [9.17, 15) is 4.39 Å². The Kier molecular flexibility index (Phi) is 5.41. The zero-order valence-corrected chi connectivity index (χ0v) is 12.8. The number of hydrogen-bond acceptors (Lipinski definition) is 2. The van der Waals surface area contributed by atoms with Crippen molar-refractivity contribution in [2.75, 3.05) is 13.7 Å². The number of methoxy groups -OCH3 is 1. The Morgan fingerprint density at radius 3 is 2.90 bits per heavy atom. The van der Waals surface area contributed by atoms with Crippen molar-refractivity contribution in [2.24, 2.45) is 11.8 Å². The Bertz CT molecular complexity index is 435. The number of benzene rings is 1. The second kappa shape index (κ2) is 7.07. The number of rotatable bonds is 5. The highest BCUT2D eigenvalue weighted by Crippen LogP contribution is 2.30. The smallest absolute Gasteiger partial charge is 0.123 e. The zero-order valence-electron chi connectivity index (χ0n) is 12.8. The Balaban J connectivity index is 1.94.